The molecule has 4 nitrogen and oxygen atoms in total. The van der Waals surface area contributed by atoms with Crippen LogP contribution in [0.3, 0.4) is 0 Å². The van der Waals surface area contributed by atoms with E-state index in [1.165, 1.54) is 6.39 Å². The van der Waals surface area contributed by atoms with Crippen molar-refractivity contribution in [1.82, 2.24) is 9.88 Å². The molecule has 1 rings (SSSR count). The Morgan fingerprint density at radius 2 is 2.55 bits per heavy atom. The summed E-state index contributed by atoms with van der Waals surface area (Å²) in [5.41, 5.74) is 0. The standard InChI is InChI=1S/C7H12N2O2/c1-9(2-3-10)5-7-4-8-6-11-7/h4,6,10H,2-3,5H2,1H3. The van der Waals surface area contributed by atoms with Crippen LogP contribution in [0.5, 0.6) is 0 Å². The van der Waals surface area contributed by atoms with Crippen molar-refractivity contribution in [3.05, 3.63) is 18.4 Å². The lowest BCUT2D eigenvalue weighted by Gasteiger charge is -2.11. The molecule has 11 heavy (non-hydrogen) atoms. The Morgan fingerprint density at radius 3 is 3.09 bits per heavy atom. The van der Waals surface area contributed by atoms with Crippen molar-refractivity contribution in [3.63, 3.8) is 0 Å². The summed E-state index contributed by atoms with van der Waals surface area (Å²) < 4.78 is 5.02. The van der Waals surface area contributed by atoms with Gasteiger partial charge in [0.1, 0.15) is 5.76 Å². The molecule has 1 heterocycles. The Balaban J connectivity index is 2.31. The summed E-state index contributed by atoms with van der Waals surface area (Å²) in [4.78, 5) is 5.74. The van der Waals surface area contributed by atoms with E-state index in [-0.39, 0.29) is 6.61 Å². The molecule has 0 aromatic carbocycles. The summed E-state index contributed by atoms with van der Waals surface area (Å²) in [5, 5.41) is 8.58. The van der Waals surface area contributed by atoms with Crippen LogP contribution in [0.25, 0.3) is 0 Å². The van der Waals surface area contributed by atoms with E-state index < -0.39 is 0 Å². The Kier molecular flexibility index (Phi) is 3.07. The first-order valence-corrected chi connectivity index (χ1v) is 3.49. The number of nitrogens with zero attached hydrogens (tertiary/aromatic N) is 2. The van der Waals surface area contributed by atoms with Crippen LogP contribution in [0.1, 0.15) is 5.76 Å². The number of hydrogen-bond donors (Lipinski definition) is 1. The van der Waals surface area contributed by atoms with Gasteiger partial charge in [0, 0.05) is 6.54 Å². The van der Waals surface area contributed by atoms with Crippen molar-refractivity contribution >= 4 is 0 Å². The summed E-state index contributed by atoms with van der Waals surface area (Å²) in [6, 6.07) is 0. The Bertz CT molecular complexity index is 186. The second-order valence-corrected chi connectivity index (χ2v) is 2.43. The van der Waals surface area contributed by atoms with Gasteiger partial charge in [-0.1, -0.05) is 0 Å². The Labute approximate surface area is 65.5 Å². The predicted molar refractivity (Wildman–Crippen MR) is 39.9 cm³/mol. The van der Waals surface area contributed by atoms with Gasteiger partial charge in [-0.05, 0) is 7.05 Å². The average molecular weight is 156 g/mol. The van der Waals surface area contributed by atoms with Crippen LogP contribution in [-0.4, -0.2) is 35.2 Å². The minimum Gasteiger partial charge on any atom is -0.447 e. The third kappa shape index (κ3) is 2.69. The SMILES string of the molecule is CN(CCO)Cc1cnco1. The smallest absolute Gasteiger partial charge is 0.180 e. The second kappa shape index (κ2) is 4.10. The van der Waals surface area contributed by atoms with E-state index in [4.69, 9.17) is 9.52 Å². The molecule has 0 aliphatic carbocycles. The summed E-state index contributed by atoms with van der Waals surface area (Å²) in [6.07, 6.45) is 3.08. The highest BCUT2D eigenvalue weighted by atomic mass is 16.3. The maximum atomic E-state index is 8.58. The molecule has 0 aliphatic rings. The van der Waals surface area contributed by atoms with Crippen LogP contribution >= 0.6 is 0 Å². The largest absolute Gasteiger partial charge is 0.447 e. The van der Waals surface area contributed by atoms with Crippen LogP contribution in [0.2, 0.25) is 0 Å². The first kappa shape index (κ1) is 8.23. The Morgan fingerprint density at radius 1 is 1.73 bits per heavy atom. The highest BCUT2D eigenvalue weighted by molar-refractivity contribution is 4.87. The van der Waals surface area contributed by atoms with Crippen LogP contribution < -0.4 is 0 Å². The maximum Gasteiger partial charge on any atom is 0.180 e. The van der Waals surface area contributed by atoms with Crippen molar-refractivity contribution < 1.29 is 9.52 Å². The van der Waals surface area contributed by atoms with Crippen LogP contribution in [-0.2, 0) is 6.54 Å². The molecule has 0 bridgehead atoms. The monoisotopic (exact) mass is 156 g/mol. The highest BCUT2D eigenvalue weighted by Crippen LogP contribution is 1.99. The number of rotatable bonds is 4. The summed E-state index contributed by atoms with van der Waals surface area (Å²) >= 11 is 0. The molecule has 0 radical (unpaired) electrons. The second-order valence-electron chi connectivity index (χ2n) is 2.43. The molecule has 1 N–H and O–H groups in total. The number of likely N-dealkylation sites (N-methyl/N-ethyl adjacent to an activating group) is 1. The topological polar surface area (TPSA) is 49.5 Å². The predicted octanol–water partition coefficient (Wildman–Crippen LogP) is 0.0987. The molecule has 62 valence electrons. The quantitative estimate of drug-likeness (QED) is 0.671. The van der Waals surface area contributed by atoms with Gasteiger partial charge in [-0.3, -0.25) is 4.90 Å². The normalized spacial score (nSPS) is 10.8. The Hall–Kier alpha value is -0.870. The van der Waals surface area contributed by atoms with E-state index in [9.17, 15) is 0 Å². The lowest BCUT2D eigenvalue weighted by molar-refractivity contribution is 0.208. The summed E-state index contributed by atoms with van der Waals surface area (Å²) in [7, 11) is 1.92. The number of aromatic nitrogens is 1. The van der Waals surface area contributed by atoms with E-state index in [1.54, 1.807) is 6.20 Å². The van der Waals surface area contributed by atoms with Gasteiger partial charge in [-0.15, -0.1) is 0 Å². The van der Waals surface area contributed by atoms with Gasteiger partial charge in [0.25, 0.3) is 0 Å². The number of oxazole rings is 1. The zero-order valence-electron chi connectivity index (χ0n) is 6.53. The number of aliphatic hydroxyl groups excluding tert-OH is 1. The molecule has 0 saturated heterocycles. The van der Waals surface area contributed by atoms with E-state index in [2.05, 4.69) is 4.98 Å². The molecule has 0 atom stereocenters. The van der Waals surface area contributed by atoms with E-state index in [0.717, 1.165) is 5.76 Å². The van der Waals surface area contributed by atoms with Gasteiger partial charge in [0.2, 0.25) is 0 Å². The molecule has 0 amide bonds. The van der Waals surface area contributed by atoms with Crippen molar-refractivity contribution in [2.24, 2.45) is 0 Å². The lowest BCUT2D eigenvalue weighted by atomic mass is 10.4. The number of aliphatic hydroxyl groups is 1. The molecular weight excluding hydrogens is 144 g/mol. The minimum atomic E-state index is 0.171. The average Bonchev–Trinajstić information content (AvgIpc) is 2.40. The van der Waals surface area contributed by atoms with Crippen molar-refractivity contribution in [3.8, 4) is 0 Å². The molecule has 0 unspecified atom stereocenters. The zero-order valence-corrected chi connectivity index (χ0v) is 6.53. The fraction of sp³-hybridized carbons (Fsp3) is 0.571. The van der Waals surface area contributed by atoms with Crippen molar-refractivity contribution in [2.75, 3.05) is 20.2 Å². The molecule has 0 saturated carbocycles. The fourth-order valence-electron chi connectivity index (χ4n) is 0.836. The lowest BCUT2D eigenvalue weighted by Crippen LogP contribution is -2.21. The van der Waals surface area contributed by atoms with Gasteiger partial charge in [-0.2, -0.15) is 0 Å². The van der Waals surface area contributed by atoms with E-state index in [1.807, 2.05) is 11.9 Å². The maximum absolute atomic E-state index is 8.58. The molecule has 1 aromatic rings. The molecule has 0 spiro atoms. The van der Waals surface area contributed by atoms with Crippen molar-refractivity contribution in [2.45, 2.75) is 6.54 Å². The van der Waals surface area contributed by atoms with Gasteiger partial charge in [0.15, 0.2) is 6.39 Å². The molecule has 0 aliphatic heterocycles. The van der Waals surface area contributed by atoms with E-state index in [0.29, 0.717) is 13.1 Å². The van der Waals surface area contributed by atoms with Crippen LogP contribution in [0.15, 0.2) is 17.0 Å². The van der Waals surface area contributed by atoms with Gasteiger partial charge >= 0.3 is 0 Å². The van der Waals surface area contributed by atoms with Gasteiger partial charge in [-0.25, -0.2) is 4.98 Å². The summed E-state index contributed by atoms with van der Waals surface area (Å²) in [5.74, 6) is 0.820. The minimum absolute atomic E-state index is 0.171. The zero-order chi connectivity index (χ0) is 8.10. The summed E-state index contributed by atoms with van der Waals surface area (Å²) in [6.45, 7) is 1.52. The molecular formula is C7H12N2O2. The van der Waals surface area contributed by atoms with Crippen LogP contribution in [0, 0.1) is 0 Å². The highest BCUT2D eigenvalue weighted by Gasteiger charge is 2.00. The third-order valence-electron chi connectivity index (χ3n) is 1.39. The molecule has 4 heteroatoms. The van der Waals surface area contributed by atoms with Crippen molar-refractivity contribution in [1.29, 1.82) is 0 Å². The van der Waals surface area contributed by atoms with Gasteiger partial charge in [0.05, 0.1) is 19.3 Å². The number of hydrogen-bond acceptors (Lipinski definition) is 4. The first-order valence-electron chi connectivity index (χ1n) is 3.49. The van der Waals surface area contributed by atoms with Crippen LogP contribution in [0.4, 0.5) is 0 Å². The van der Waals surface area contributed by atoms with Gasteiger partial charge < -0.3 is 9.52 Å². The fourth-order valence-corrected chi connectivity index (χ4v) is 0.836. The first-order chi connectivity index (χ1) is 5.33. The molecule has 0 fully saturated rings. The molecule has 1 aromatic heterocycles. The third-order valence-corrected chi connectivity index (χ3v) is 1.39. The van der Waals surface area contributed by atoms with E-state index >= 15 is 0 Å².